The molecule has 82 valence electrons. The third-order valence-corrected chi connectivity index (χ3v) is 3.77. The lowest BCUT2D eigenvalue weighted by Gasteiger charge is -2.26. The zero-order chi connectivity index (χ0) is 9.97. The van der Waals surface area contributed by atoms with Crippen molar-refractivity contribution in [1.82, 2.24) is 4.90 Å². The van der Waals surface area contributed by atoms with Gasteiger partial charge in [0.1, 0.15) is 0 Å². The summed E-state index contributed by atoms with van der Waals surface area (Å²) in [6.07, 6.45) is 5.34. The monoisotopic (exact) mass is 199 g/mol. The van der Waals surface area contributed by atoms with Crippen LogP contribution in [0.15, 0.2) is 0 Å². The molecule has 14 heavy (non-hydrogen) atoms. The minimum absolute atomic E-state index is 0.0946. The Morgan fingerprint density at radius 1 is 1.21 bits per heavy atom. The molecule has 2 N–H and O–H groups in total. The predicted molar refractivity (Wildman–Crippen MR) is 55.0 cm³/mol. The highest BCUT2D eigenvalue weighted by atomic mass is 16.3. The van der Waals surface area contributed by atoms with Crippen molar-refractivity contribution in [2.24, 2.45) is 5.92 Å². The lowest BCUT2D eigenvalue weighted by atomic mass is 10.1. The first-order valence-electron chi connectivity index (χ1n) is 5.84. The molecule has 2 fully saturated rings. The van der Waals surface area contributed by atoms with Gasteiger partial charge in [-0.05, 0) is 44.6 Å². The maximum absolute atomic E-state index is 9.77. The van der Waals surface area contributed by atoms with E-state index in [1.807, 2.05) is 0 Å². The summed E-state index contributed by atoms with van der Waals surface area (Å²) in [6, 6.07) is 0.415. The van der Waals surface area contributed by atoms with Gasteiger partial charge in [-0.3, -0.25) is 4.90 Å². The second kappa shape index (κ2) is 4.60. The Kier molecular flexibility index (Phi) is 3.42. The molecule has 0 spiro atoms. The van der Waals surface area contributed by atoms with Crippen molar-refractivity contribution in [3.63, 3.8) is 0 Å². The van der Waals surface area contributed by atoms with Crippen molar-refractivity contribution in [3.8, 4) is 0 Å². The van der Waals surface area contributed by atoms with E-state index in [1.54, 1.807) is 0 Å². The first kappa shape index (κ1) is 10.4. The van der Waals surface area contributed by atoms with Crippen LogP contribution in [0, 0.1) is 5.92 Å². The average molecular weight is 199 g/mol. The standard InChI is InChI=1S/C11H21NO2/c13-7-5-9-4-6-12(8-9)10-2-1-3-11(10)14/h9-11,13-14H,1-8H2. The molecule has 2 aliphatic rings. The summed E-state index contributed by atoms with van der Waals surface area (Å²) in [5, 5.41) is 18.6. The molecule has 1 saturated heterocycles. The highest BCUT2D eigenvalue weighted by molar-refractivity contribution is 4.89. The summed E-state index contributed by atoms with van der Waals surface area (Å²) >= 11 is 0. The van der Waals surface area contributed by atoms with Crippen molar-refractivity contribution >= 4 is 0 Å². The Morgan fingerprint density at radius 2 is 2.07 bits per heavy atom. The van der Waals surface area contributed by atoms with Crippen molar-refractivity contribution in [2.75, 3.05) is 19.7 Å². The predicted octanol–water partition coefficient (Wildman–Crippen LogP) is 0.604. The van der Waals surface area contributed by atoms with Crippen LogP contribution < -0.4 is 0 Å². The maximum Gasteiger partial charge on any atom is 0.0695 e. The van der Waals surface area contributed by atoms with Gasteiger partial charge in [0.15, 0.2) is 0 Å². The Balaban J connectivity index is 1.82. The van der Waals surface area contributed by atoms with Crippen LogP contribution in [-0.4, -0.2) is 47.0 Å². The molecule has 1 saturated carbocycles. The summed E-state index contributed by atoms with van der Waals surface area (Å²) < 4.78 is 0. The molecule has 0 aromatic heterocycles. The fourth-order valence-electron chi connectivity index (χ4n) is 2.93. The van der Waals surface area contributed by atoms with E-state index in [1.165, 1.54) is 12.8 Å². The van der Waals surface area contributed by atoms with E-state index in [-0.39, 0.29) is 6.10 Å². The van der Waals surface area contributed by atoms with Gasteiger partial charge < -0.3 is 10.2 Å². The van der Waals surface area contributed by atoms with Gasteiger partial charge in [-0.2, -0.15) is 0 Å². The van der Waals surface area contributed by atoms with Crippen LogP contribution in [-0.2, 0) is 0 Å². The summed E-state index contributed by atoms with van der Waals surface area (Å²) in [5.41, 5.74) is 0. The molecular weight excluding hydrogens is 178 g/mol. The van der Waals surface area contributed by atoms with E-state index in [2.05, 4.69) is 4.90 Å². The molecule has 2 rings (SSSR count). The highest BCUT2D eigenvalue weighted by Gasteiger charge is 2.34. The van der Waals surface area contributed by atoms with Gasteiger partial charge in [0.25, 0.3) is 0 Å². The van der Waals surface area contributed by atoms with Gasteiger partial charge in [0.2, 0.25) is 0 Å². The zero-order valence-electron chi connectivity index (χ0n) is 8.73. The first-order valence-corrected chi connectivity index (χ1v) is 5.84. The van der Waals surface area contributed by atoms with Crippen molar-refractivity contribution in [3.05, 3.63) is 0 Å². The van der Waals surface area contributed by atoms with Crippen LogP contribution >= 0.6 is 0 Å². The van der Waals surface area contributed by atoms with Gasteiger partial charge in [-0.15, -0.1) is 0 Å². The number of likely N-dealkylation sites (tertiary alicyclic amines) is 1. The number of aliphatic hydroxyl groups is 2. The fraction of sp³-hybridized carbons (Fsp3) is 1.00. The van der Waals surface area contributed by atoms with Gasteiger partial charge >= 0.3 is 0 Å². The van der Waals surface area contributed by atoms with Crippen LogP contribution in [0.3, 0.4) is 0 Å². The van der Waals surface area contributed by atoms with Gasteiger partial charge in [-0.1, -0.05) is 0 Å². The largest absolute Gasteiger partial charge is 0.396 e. The van der Waals surface area contributed by atoms with Crippen LogP contribution in [0.5, 0.6) is 0 Å². The number of aliphatic hydroxyl groups excluding tert-OH is 2. The second-order valence-electron chi connectivity index (χ2n) is 4.73. The molecular formula is C11H21NO2. The van der Waals surface area contributed by atoms with Crippen LogP contribution in [0.4, 0.5) is 0 Å². The molecule has 0 aromatic rings. The molecule has 0 bridgehead atoms. The van der Waals surface area contributed by atoms with Crippen LogP contribution in [0.2, 0.25) is 0 Å². The van der Waals surface area contributed by atoms with Crippen molar-refractivity contribution in [2.45, 2.75) is 44.2 Å². The Morgan fingerprint density at radius 3 is 2.71 bits per heavy atom. The topological polar surface area (TPSA) is 43.7 Å². The fourth-order valence-corrected chi connectivity index (χ4v) is 2.93. The molecule has 3 atom stereocenters. The average Bonchev–Trinajstić information content (AvgIpc) is 2.74. The Labute approximate surface area is 85.7 Å². The van der Waals surface area contributed by atoms with Crippen molar-refractivity contribution < 1.29 is 10.2 Å². The highest BCUT2D eigenvalue weighted by Crippen LogP contribution is 2.29. The third kappa shape index (κ3) is 2.10. The van der Waals surface area contributed by atoms with E-state index >= 15 is 0 Å². The smallest absolute Gasteiger partial charge is 0.0695 e. The zero-order valence-corrected chi connectivity index (χ0v) is 8.73. The summed E-state index contributed by atoms with van der Waals surface area (Å²) in [6.45, 7) is 2.51. The number of nitrogens with zero attached hydrogens (tertiary/aromatic N) is 1. The van der Waals surface area contributed by atoms with E-state index in [0.29, 0.717) is 18.6 Å². The normalized spacial score (nSPS) is 39.4. The third-order valence-electron chi connectivity index (χ3n) is 3.77. The molecule has 0 amide bonds. The second-order valence-corrected chi connectivity index (χ2v) is 4.73. The van der Waals surface area contributed by atoms with E-state index in [0.717, 1.165) is 32.4 Å². The first-order chi connectivity index (χ1) is 6.81. The SMILES string of the molecule is OCCC1CCN(C2CCCC2O)C1. The lowest BCUT2D eigenvalue weighted by molar-refractivity contribution is 0.0822. The maximum atomic E-state index is 9.77. The molecule has 0 radical (unpaired) electrons. The summed E-state index contributed by atoms with van der Waals surface area (Å²) in [4.78, 5) is 2.43. The number of rotatable bonds is 3. The Bertz CT molecular complexity index is 186. The molecule has 1 heterocycles. The molecule has 3 heteroatoms. The van der Waals surface area contributed by atoms with E-state index < -0.39 is 0 Å². The van der Waals surface area contributed by atoms with Gasteiger partial charge in [-0.25, -0.2) is 0 Å². The van der Waals surface area contributed by atoms with Gasteiger partial charge in [0.05, 0.1) is 6.10 Å². The minimum atomic E-state index is -0.0946. The van der Waals surface area contributed by atoms with Crippen molar-refractivity contribution in [1.29, 1.82) is 0 Å². The number of hydrogen-bond donors (Lipinski definition) is 2. The van der Waals surface area contributed by atoms with Crippen LogP contribution in [0.1, 0.15) is 32.1 Å². The molecule has 1 aliphatic carbocycles. The van der Waals surface area contributed by atoms with E-state index in [9.17, 15) is 5.11 Å². The molecule has 0 aromatic carbocycles. The Hall–Kier alpha value is -0.120. The summed E-state index contributed by atoms with van der Waals surface area (Å²) in [5.74, 6) is 0.660. The minimum Gasteiger partial charge on any atom is -0.396 e. The summed E-state index contributed by atoms with van der Waals surface area (Å²) in [7, 11) is 0. The molecule has 3 nitrogen and oxygen atoms in total. The molecule has 3 unspecified atom stereocenters. The van der Waals surface area contributed by atoms with Crippen LogP contribution in [0.25, 0.3) is 0 Å². The molecule has 1 aliphatic heterocycles. The number of hydrogen-bond acceptors (Lipinski definition) is 3. The lowest BCUT2D eigenvalue weighted by Crippen LogP contribution is -2.38. The van der Waals surface area contributed by atoms with E-state index in [4.69, 9.17) is 5.11 Å². The quantitative estimate of drug-likeness (QED) is 0.699. The van der Waals surface area contributed by atoms with Gasteiger partial charge in [0, 0.05) is 19.2 Å².